The van der Waals surface area contributed by atoms with Crippen molar-refractivity contribution < 1.29 is 8.42 Å². The Bertz CT molecular complexity index is 333. The maximum absolute atomic E-state index is 12.1. The molecule has 2 aliphatic rings. The summed E-state index contributed by atoms with van der Waals surface area (Å²) in [5.74, 6) is 0.466. The van der Waals surface area contributed by atoms with Crippen molar-refractivity contribution >= 4 is 10.2 Å². The van der Waals surface area contributed by atoms with Crippen LogP contribution in [0, 0.1) is 5.92 Å². The lowest BCUT2D eigenvalue weighted by molar-refractivity contribution is 0.311. The van der Waals surface area contributed by atoms with Gasteiger partial charge in [-0.05, 0) is 51.6 Å². The summed E-state index contributed by atoms with van der Waals surface area (Å²) in [7, 11) is -3.25. The third-order valence-electron chi connectivity index (χ3n) is 3.83. The fourth-order valence-electron chi connectivity index (χ4n) is 2.68. The molecule has 0 spiro atoms. The third kappa shape index (κ3) is 3.40. The second-order valence-electron chi connectivity index (χ2n) is 5.11. The molecule has 2 heterocycles. The van der Waals surface area contributed by atoms with Gasteiger partial charge in [0.2, 0.25) is 0 Å². The topological polar surface area (TPSA) is 61.4 Å². The summed E-state index contributed by atoms with van der Waals surface area (Å²) in [6, 6.07) is 0.0442. The molecule has 0 aliphatic carbocycles. The Morgan fingerprint density at radius 3 is 2.41 bits per heavy atom. The predicted octanol–water partition coefficient (Wildman–Crippen LogP) is 0.305. The second kappa shape index (κ2) is 5.65. The minimum absolute atomic E-state index is 0.0442. The molecule has 100 valence electrons. The summed E-state index contributed by atoms with van der Waals surface area (Å²) >= 11 is 0. The van der Waals surface area contributed by atoms with Crippen molar-refractivity contribution in [2.45, 2.75) is 38.6 Å². The van der Waals surface area contributed by atoms with E-state index in [-0.39, 0.29) is 6.04 Å². The van der Waals surface area contributed by atoms with E-state index in [1.165, 1.54) is 0 Å². The lowest BCUT2D eigenvalue weighted by Gasteiger charge is -2.30. The summed E-state index contributed by atoms with van der Waals surface area (Å²) in [4.78, 5) is 0. The first kappa shape index (κ1) is 13.3. The molecule has 0 saturated carbocycles. The van der Waals surface area contributed by atoms with E-state index < -0.39 is 10.2 Å². The van der Waals surface area contributed by atoms with Gasteiger partial charge < -0.3 is 5.32 Å². The van der Waals surface area contributed by atoms with Crippen molar-refractivity contribution in [2.75, 3.05) is 26.2 Å². The standard InChI is InChI=1S/C11H23N3O2S/c1-10(11-4-6-12-7-5-11)13-17(15,16)14-8-2-3-9-14/h10-13H,2-9H2,1H3. The Kier molecular flexibility index (Phi) is 4.41. The molecule has 6 heteroatoms. The molecule has 0 amide bonds. The zero-order valence-electron chi connectivity index (χ0n) is 10.5. The minimum atomic E-state index is -3.25. The molecule has 0 aromatic rings. The van der Waals surface area contributed by atoms with Crippen LogP contribution in [0.25, 0.3) is 0 Å². The minimum Gasteiger partial charge on any atom is -0.317 e. The zero-order valence-corrected chi connectivity index (χ0v) is 11.3. The van der Waals surface area contributed by atoms with Gasteiger partial charge in [-0.2, -0.15) is 17.4 Å². The highest BCUT2D eigenvalue weighted by Crippen LogP contribution is 2.18. The predicted molar refractivity (Wildman–Crippen MR) is 67.9 cm³/mol. The molecule has 2 rings (SSSR count). The quantitative estimate of drug-likeness (QED) is 0.765. The van der Waals surface area contributed by atoms with Gasteiger partial charge in [-0.15, -0.1) is 0 Å². The van der Waals surface area contributed by atoms with E-state index in [1.54, 1.807) is 4.31 Å². The number of rotatable bonds is 4. The van der Waals surface area contributed by atoms with Crippen LogP contribution < -0.4 is 10.0 Å². The molecule has 0 radical (unpaired) electrons. The molecule has 17 heavy (non-hydrogen) atoms. The fraction of sp³-hybridized carbons (Fsp3) is 1.00. The Labute approximate surface area is 104 Å². The number of nitrogens with zero attached hydrogens (tertiary/aromatic N) is 1. The van der Waals surface area contributed by atoms with Crippen LogP contribution >= 0.6 is 0 Å². The average Bonchev–Trinajstić information content (AvgIpc) is 2.84. The van der Waals surface area contributed by atoms with Gasteiger partial charge in [0.25, 0.3) is 10.2 Å². The van der Waals surface area contributed by atoms with Crippen LogP contribution in [0.4, 0.5) is 0 Å². The summed E-state index contributed by atoms with van der Waals surface area (Å²) < 4.78 is 28.6. The summed E-state index contributed by atoms with van der Waals surface area (Å²) in [6.45, 7) is 5.34. The van der Waals surface area contributed by atoms with Crippen molar-refractivity contribution in [3.8, 4) is 0 Å². The van der Waals surface area contributed by atoms with E-state index in [2.05, 4.69) is 10.0 Å². The number of nitrogens with one attached hydrogen (secondary N) is 2. The molecule has 1 atom stereocenters. The van der Waals surface area contributed by atoms with Gasteiger partial charge in [0.1, 0.15) is 0 Å². The molecule has 0 bridgehead atoms. The molecule has 2 saturated heterocycles. The van der Waals surface area contributed by atoms with Crippen LogP contribution in [-0.4, -0.2) is 44.9 Å². The van der Waals surface area contributed by atoms with E-state index >= 15 is 0 Å². The summed E-state index contributed by atoms with van der Waals surface area (Å²) in [5.41, 5.74) is 0. The average molecular weight is 261 g/mol. The molecular weight excluding hydrogens is 238 g/mol. The molecule has 2 N–H and O–H groups in total. The van der Waals surface area contributed by atoms with Crippen molar-refractivity contribution in [3.05, 3.63) is 0 Å². The second-order valence-corrected chi connectivity index (χ2v) is 6.81. The first-order valence-electron chi connectivity index (χ1n) is 6.58. The lowest BCUT2D eigenvalue weighted by Crippen LogP contribution is -2.47. The smallest absolute Gasteiger partial charge is 0.279 e. The van der Waals surface area contributed by atoms with Crippen molar-refractivity contribution in [1.82, 2.24) is 14.3 Å². The molecule has 2 aliphatic heterocycles. The highest BCUT2D eigenvalue weighted by Gasteiger charge is 2.29. The van der Waals surface area contributed by atoms with E-state index in [0.717, 1.165) is 38.8 Å². The maximum atomic E-state index is 12.1. The van der Waals surface area contributed by atoms with Crippen LogP contribution in [-0.2, 0) is 10.2 Å². The SMILES string of the molecule is CC(NS(=O)(=O)N1CCCC1)C1CCNCC1. The molecule has 1 unspecified atom stereocenters. The summed E-state index contributed by atoms with van der Waals surface area (Å²) in [5, 5.41) is 3.30. The Morgan fingerprint density at radius 1 is 1.24 bits per heavy atom. The third-order valence-corrected chi connectivity index (χ3v) is 5.55. The van der Waals surface area contributed by atoms with Crippen LogP contribution in [0.15, 0.2) is 0 Å². The Hall–Kier alpha value is -0.170. The van der Waals surface area contributed by atoms with Crippen LogP contribution in [0.5, 0.6) is 0 Å². The van der Waals surface area contributed by atoms with Gasteiger partial charge >= 0.3 is 0 Å². The lowest BCUT2D eigenvalue weighted by atomic mass is 9.92. The number of hydrogen-bond acceptors (Lipinski definition) is 3. The Balaban J connectivity index is 1.90. The van der Waals surface area contributed by atoms with Gasteiger partial charge in [-0.1, -0.05) is 0 Å². The van der Waals surface area contributed by atoms with Gasteiger partial charge in [0.15, 0.2) is 0 Å². The molecule has 2 fully saturated rings. The first-order valence-corrected chi connectivity index (χ1v) is 8.02. The van der Waals surface area contributed by atoms with Gasteiger partial charge in [-0.25, -0.2) is 0 Å². The largest absolute Gasteiger partial charge is 0.317 e. The van der Waals surface area contributed by atoms with E-state index in [9.17, 15) is 8.42 Å². The Morgan fingerprint density at radius 2 is 1.82 bits per heavy atom. The molecule has 0 aromatic heterocycles. The first-order chi connectivity index (χ1) is 8.09. The normalized spacial score (nSPS) is 26.2. The van der Waals surface area contributed by atoms with Crippen LogP contribution in [0.3, 0.4) is 0 Å². The highest BCUT2D eigenvalue weighted by molar-refractivity contribution is 7.87. The van der Waals surface area contributed by atoms with E-state index in [4.69, 9.17) is 0 Å². The van der Waals surface area contributed by atoms with Crippen molar-refractivity contribution in [1.29, 1.82) is 0 Å². The number of piperidine rings is 1. The van der Waals surface area contributed by atoms with E-state index in [1.807, 2.05) is 6.92 Å². The highest BCUT2D eigenvalue weighted by atomic mass is 32.2. The molecular formula is C11H23N3O2S. The number of hydrogen-bond donors (Lipinski definition) is 2. The summed E-state index contributed by atoms with van der Waals surface area (Å²) in [6.07, 6.45) is 4.10. The van der Waals surface area contributed by atoms with Gasteiger partial charge in [0.05, 0.1) is 0 Å². The van der Waals surface area contributed by atoms with Crippen molar-refractivity contribution in [2.24, 2.45) is 5.92 Å². The monoisotopic (exact) mass is 261 g/mol. The van der Waals surface area contributed by atoms with Gasteiger partial charge in [0, 0.05) is 19.1 Å². The molecule has 5 nitrogen and oxygen atoms in total. The van der Waals surface area contributed by atoms with Crippen LogP contribution in [0.2, 0.25) is 0 Å². The van der Waals surface area contributed by atoms with Crippen molar-refractivity contribution in [3.63, 3.8) is 0 Å². The van der Waals surface area contributed by atoms with E-state index in [0.29, 0.717) is 19.0 Å². The maximum Gasteiger partial charge on any atom is 0.279 e. The molecule has 0 aromatic carbocycles. The zero-order chi connectivity index (χ0) is 12.3. The van der Waals surface area contributed by atoms with Crippen LogP contribution in [0.1, 0.15) is 32.6 Å². The van der Waals surface area contributed by atoms with Gasteiger partial charge in [-0.3, -0.25) is 0 Å². The fourth-order valence-corrected chi connectivity index (χ4v) is 4.23.